The number of carbonyl (C=O) groups is 1. The van der Waals surface area contributed by atoms with E-state index in [4.69, 9.17) is 14.2 Å². The second-order valence-electron chi connectivity index (χ2n) is 5.78. The van der Waals surface area contributed by atoms with E-state index in [2.05, 4.69) is 5.32 Å². The quantitative estimate of drug-likeness (QED) is 0.797. The van der Waals surface area contributed by atoms with Crippen LogP contribution >= 0.6 is 0 Å². The van der Waals surface area contributed by atoms with Gasteiger partial charge in [0.25, 0.3) is 0 Å². The van der Waals surface area contributed by atoms with E-state index in [-0.39, 0.29) is 11.9 Å². The van der Waals surface area contributed by atoms with Crippen molar-refractivity contribution in [1.82, 2.24) is 5.32 Å². The molecule has 0 radical (unpaired) electrons. The maximum atomic E-state index is 12.4. The summed E-state index contributed by atoms with van der Waals surface area (Å²) >= 11 is 0. The van der Waals surface area contributed by atoms with Crippen LogP contribution in [0, 0.1) is 0 Å². The zero-order valence-electron chi connectivity index (χ0n) is 15.1. The third-order valence-electron chi connectivity index (χ3n) is 3.97. The lowest BCUT2D eigenvalue weighted by Crippen LogP contribution is -2.36. The van der Waals surface area contributed by atoms with Gasteiger partial charge >= 0.3 is 0 Å². The Morgan fingerprint density at radius 3 is 2.52 bits per heavy atom. The number of amides is 1. The van der Waals surface area contributed by atoms with Gasteiger partial charge in [-0.1, -0.05) is 30.3 Å². The molecule has 2 aromatic carbocycles. The zero-order chi connectivity index (χ0) is 18.2. The first-order valence-corrected chi connectivity index (χ1v) is 8.23. The van der Waals surface area contributed by atoms with E-state index >= 15 is 0 Å². The zero-order valence-corrected chi connectivity index (χ0v) is 15.1. The van der Waals surface area contributed by atoms with Gasteiger partial charge in [0.05, 0.1) is 26.9 Å². The van der Waals surface area contributed by atoms with Crippen molar-refractivity contribution < 1.29 is 19.0 Å². The molecule has 0 spiro atoms. The van der Waals surface area contributed by atoms with Crippen molar-refractivity contribution in [2.75, 3.05) is 14.2 Å². The van der Waals surface area contributed by atoms with E-state index in [0.717, 1.165) is 22.6 Å². The predicted molar refractivity (Wildman–Crippen MR) is 96.8 cm³/mol. The Morgan fingerprint density at radius 2 is 1.80 bits per heavy atom. The molecular weight excluding hydrogens is 318 g/mol. The maximum absolute atomic E-state index is 12.4. The van der Waals surface area contributed by atoms with Crippen molar-refractivity contribution in [3.63, 3.8) is 0 Å². The summed E-state index contributed by atoms with van der Waals surface area (Å²) < 4.78 is 16.2. The maximum Gasteiger partial charge on any atom is 0.249 e. The summed E-state index contributed by atoms with van der Waals surface area (Å²) in [6, 6.07) is 15.0. The molecule has 0 aliphatic carbocycles. The van der Waals surface area contributed by atoms with Crippen LogP contribution in [0.2, 0.25) is 0 Å². The fourth-order valence-electron chi connectivity index (χ4n) is 2.49. The predicted octanol–water partition coefficient (Wildman–Crippen LogP) is 3.49. The Labute approximate surface area is 148 Å². The van der Waals surface area contributed by atoms with E-state index in [0.29, 0.717) is 6.61 Å². The van der Waals surface area contributed by atoms with Gasteiger partial charge < -0.3 is 19.5 Å². The van der Waals surface area contributed by atoms with Crippen LogP contribution in [0.1, 0.15) is 31.0 Å². The molecule has 1 amide bonds. The van der Waals surface area contributed by atoms with Crippen LogP contribution in [0.25, 0.3) is 0 Å². The van der Waals surface area contributed by atoms with Crippen LogP contribution in [0.15, 0.2) is 48.5 Å². The number of carbonyl (C=O) groups excluding carboxylic acids is 1. The number of nitrogens with one attached hydrogen (secondary N) is 1. The van der Waals surface area contributed by atoms with E-state index in [1.165, 1.54) is 0 Å². The molecule has 0 aromatic heterocycles. The Kier molecular flexibility index (Phi) is 6.83. The van der Waals surface area contributed by atoms with E-state index in [1.807, 2.05) is 55.5 Å². The fraction of sp³-hybridized carbons (Fsp3) is 0.350. The summed E-state index contributed by atoms with van der Waals surface area (Å²) in [5.74, 6) is 1.35. The van der Waals surface area contributed by atoms with Crippen LogP contribution in [0.5, 0.6) is 11.5 Å². The molecule has 134 valence electrons. The lowest BCUT2D eigenvalue weighted by molar-refractivity contribution is -0.133. The largest absolute Gasteiger partial charge is 0.497 e. The van der Waals surface area contributed by atoms with E-state index < -0.39 is 6.10 Å². The Balaban J connectivity index is 1.91. The normalized spacial score (nSPS) is 13.0. The Bertz CT molecular complexity index is 702. The molecule has 0 saturated heterocycles. The monoisotopic (exact) mass is 343 g/mol. The standard InChI is InChI=1S/C20H25NO4/c1-14(18-10-5-6-11-19(18)24-4)21-20(22)15(2)25-13-16-8-7-9-17(12-16)23-3/h5-12,14-15H,13H2,1-4H3,(H,21,22). The minimum Gasteiger partial charge on any atom is -0.497 e. The number of rotatable bonds is 8. The number of benzene rings is 2. The van der Waals surface area contributed by atoms with Crippen molar-refractivity contribution in [3.05, 3.63) is 59.7 Å². The van der Waals surface area contributed by atoms with Crippen LogP contribution in [-0.4, -0.2) is 26.2 Å². The summed E-state index contributed by atoms with van der Waals surface area (Å²) in [4.78, 5) is 12.4. The molecule has 0 heterocycles. The number of hydrogen-bond donors (Lipinski definition) is 1. The highest BCUT2D eigenvalue weighted by molar-refractivity contribution is 5.80. The third-order valence-corrected chi connectivity index (χ3v) is 3.97. The van der Waals surface area contributed by atoms with Crippen LogP contribution in [-0.2, 0) is 16.1 Å². The summed E-state index contributed by atoms with van der Waals surface area (Å²) in [5.41, 5.74) is 1.88. The molecule has 0 saturated carbocycles. The molecular formula is C20H25NO4. The van der Waals surface area contributed by atoms with Crippen LogP contribution in [0.3, 0.4) is 0 Å². The summed E-state index contributed by atoms with van der Waals surface area (Å²) in [7, 11) is 3.24. The van der Waals surface area contributed by atoms with Gasteiger partial charge in [0.15, 0.2) is 0 Å². The van der Waals surface area contributed by atoms with Gasteiger partial charge in [-0.15, -0.1) is 0 Å². The highest BCUT2D eigenvalue weighted by atomic mass is 16.5. The average molecular weight is 343 g/mol. The molecule has 5 heteroatoms. The smallest absolute Gasteiger partial charge is 0.249 e. The second kappa shape index (κ2) is 9.08. The summed E-state index contributed by atoms with van der Waals surface area (Å²) in [6.45, 7) is 4.00. The van der Waals surface area contributed by atoms with Crippen LogP contribution < -0.4 is 14.8 Å². The summed E-state index contributed by atoms with van der Waals surface area (Å²) in [6.07, 6.45) is -0.566. The highest BCUT2D eigenvalue weighted by Crippen LogP contribution is 2.24. The van der Waals surface area contributed by atoms with Gasteiger partial charge in [-0.05, 0) is 37.6 Å². The lowest BCUT2D eigenvalue weighted by Gasteiger charge is -2.20. The van der Waals surface area contributed by atoms with Crippen LogP contribution in [0.4, 0.5) is 0 Å². The molecule has 25 heavy (non-hydrogen) atoms. The van der Waals surface area contributed by atoms with Crippen molar-refractivity contribution in [3.8, 4) is 11.5 Å². The Hall–Kier alpha value is -2.53. The minimum absolute atomic E-state index is 0.165. The minimum atomic E-state index is -0.566. The number of methoxy groups -OCH3 is 2. The van der Waals surface area contributed by atoms with Gasteiger partial charge in [0.1, 0.15) is 17.6 Å². The molecule has 2 atom stereocenters. The highest BCUT2D eigenvalue weighted by Gasteiger charge is 2.18. The number of hydrogen-bond acceptors (Lipinski definition) is 4. The van der Waals surface area contributed by atoms with E-state index in [9.17, 15) is 4.79 Å². The van der Waals surface area contributed by atoms with Gasteiger partial charge in [-0.25, -0.2) is 0 Å². The first-order chi connectivity index (χ1) is 12.0. The van der Waals surface area contributed by atoms with Gasteiger partial charge in [0.2, 0.25) is 5.91 Å². The van der Waals surface area contributed by atoms with Crippen molar-refractivity contribution >= 4 is 5.91 Å². The van der Waals surface area contributed by atoms with Gasteiger partial charge in [-0.2, -0.15) is 0 Å². The first-order valence-electron chi connectivity index (χ1n) is 8.23. The van der Waals surface area contributed by atoms with Crippen molar-refractivity contribution in [2.24, 2.45) is 0 Å². The molecule has 0 aliphatic rings. The molecule has 1 N–H and O–H groups in total. The number of ether oxygens (including phenoxy) is 3. The molecule has 5 nitrogen and oxygen atoms in total. The number of para-hydroxylation sites is 1. The first kappa shape index (κ1) is 18.8. The topological polar surface area (TPSA) is 56.8 Å². The molecule has 0 bridgehead atoms. The lowest BCUT2D eigenvalue weighted by atomic mass is 10.1. The molecule has 0 fully saturated rings. The van der Waals surface area contributed by atoms with Gasteiger partial charge in [0, 0.05) is 5.56 Å². The van der Waals surface area contributed by atoms with Crippen molar-refractivity contribution in [1.29, 1.82) is 0 Å². The molecule has 2 aromatic rings. The second-order valence-corrected chi connectivity index (χ2v) is 5.78. The fourth-order valence-corrected chi connectivity index (χ4v) is 2.49. The van der Waals surface area contributed by atoms with E-state index in [1.54, 1.807) is 21.1 Å². The molecule has 0 aliphatic heterocycles. The van der Waals surface area contributed by atoms with Crippen molar-refractivity contribution in [2.45, 2.75) is 32.6 Å². The summed E-state index contributed by atoms with van der Waals surface area (Å²) in [5, 5.41) is 2.96. The van der Waals surface area contributed by atoms with Gasteiger partial charge in [-0.3, -0.25) is 4.79 Å². The SMILES string of the molecule is COc1cccc(COC(C)C(=O)NC(C)c2ccccc2OC)c1. The molecule has 2 unspecified atom stereocenters. The third kappa shape index (κ3) is 5.22. The Morgan fingerprint density at radius 1 is 1.04 bits per heavy atom. The molecule has 2 rings (SSSR count). The average Bonchev–Trinajstić information content (AvgIpc) is 2.65.